The van der Waals surface area contributed by atoms with Crippen LogP contribution in [0.15, 0.2) is 0 Å². The second-order valence-corrected chi connectivity index (χ2v) is 6.55. The van der Waals surface area contributed by atoms with Crippen molar-refractivity contribution in [3.63, 3.8) is 0 Å². The monoisotopic (exact) mass is 252 g/mol. The van der Waals surface area contributed by atoms with Gasteiger partial charge in [0, 0.05) is 24.0 Å². The molecular weight excluding hydrogens is 228 g/mol. The summed E-state index contributed by atoms with van der Waals surface area (Å²) in [5, 5.41) is 6.58. The zero-order valence-electron chi connectivity index (χ0n) is 11.4. The van der Waals surface area contributed by atoms with Crippen LogP contribution in [0.4, 0.5) is 0 Å². The van der Waals surface area contributed by atoms with Crippen molar-refractivity contribution in [3.05, 3.63) is 0 Å². The van der Waals surface area contributed by atoms with E-state index in [2.05, 4.69) is 24.5 Å². The summed E-state index contributed by atoms with van der Waals surface area (Å²) < 4.78 is 5.76. The lowest BCUT2D eigenvalue weighted by Gasteiger charge is -2.54. The maximum Gasteiger partial charge on any atom is 0.237 e. The quantitative estimate of drug-likeness (QED) is 0.772. The van der Waals surface area contributed by atoms with E-state index in [1.165, 1.54) is 6.42 Å². The van der Waals surface area contributed by atoms with E-state index >= 15 is 0 Å². The van der Waals surface area contributed by atoms with Crippen molar-refractivity contribution < 1.29 is 9.53 Å². The molecule has 102 valence electrons. The lowest BCUT2D eigenvalue weighted by Crippen LogP contribution is -2.68. The van der Waals surface area contributed by atoms with Crippen LogP contribution in [0, 0.1) is 11.3 Å². The van der Waals surface area contributed by atoms with Gasteiger partial charge >= 0.3 is 0 Å². The molecular formula is C14H24N2O2. The van der Waals surface area contributed by atoms with Gasteiger partial charge in [-0.05, 0) is 25.8 Å². The molecule has 4 unspecified atom stereocenters. The number of fused-ring (bicyclic) bond motifs is 1. The smallest absolute Gasteiger partial charge is 0.237 e. The normalized spacial score (nSPS) is 41.9. The second-order valence-electron chi connectivity index (χ2n) is 6.55. The highest BCUT2D eigenvalue weighted by molar-refractivity contribution is 5.82. The lowest BCUT2D eigenvalue weighted by molar-refractivity contribution is -0.139. The third-order valence-corrected chi connectivity index (χ3v) is 5.03. The first-order chi connectivity index (χ1) is 8.60. The molecule has 2 aliphatic heterocycles. The molecule has 1 aliphatic carbocycles. The number of ether oxygens (including phenoxy) is 1. The minimum atomic E-state index is 0.0240. The number of hydrogen-bond acceptors (Lipinski definition) is 3. The molecule has 0 aromatic heterocycles. The van der Waals surface area contributed by atoms with Crippen LogP contribution >= 0.6 is 0 Å². The van der Waals surface area contributed by atoms with Crippen molar-refractivity contribution >= 4 is 5.91 Å². The average molecular weight is 252 g/mol. The number of nitrogens with one attached hydrogen (secondary N) is 2. The Morgan fingerprint density at radius 3 is 2.89 bits per heavy atom. The Morgan fingerprint density at radius 2 is 2.17 bits per heavy atom. The number of rotatable bonds is 2. The topological polar surface area (TPSA) is 50.4 Å². The van der Waals surface area contributed by atoms with Crippen LogP contribution < -0.4 is 10.6 Å². The molecule has 3 aliphatic rings. The molecule has 1 saturated carbocycles. The predicted octanol–water partition coefficient (Wildman–Crippen LogP) is 1.06. The van der Waals surface area contributed by atoms with E-state index < -0.39 is 0 Å². The molecule has 1 amide bonds. The number of hydrogen-bond donors (Lipinski definition) is 2. The summed E-state index contributed by atoms with van der Waals surface area (Å²) >= 11 is 0. The van der Waals surface area contributed by atoms with Gasteiger partial charge in [0.15, 0.2) is 0 Å². The van der Waals surface area contributed by atoms with Crippen LogP contribution in [0.5, 0.6) is 0 Å². The molecule has 3 fully saturated rings. The number of carbonyl (C=O) groups is 1. The minimum absolute atomic E-state index is 0.0240. The average Bonchev–Trinajstić information content (AvgIpc) is 2.83. The van der Waals surface area contributed by atoms with Gasteiger partial charge in [-0.1, -0.05) is 20.3 Å². The fourth-order valence-electron chi connectivity index (χ4n) is 3.95. The van der Waals surface area contributed by atoms with E-state index in [0.29, 0.717) is 18.1 Å². The minimum Gasteiger partial charge on any atom is -0.377 e. The standard InChI is InChI=1S/C14H24N2O2/c1-14(2)11(9-6-8-18-12(9)14)16-13(17)10-5-3-4-7-15-10/h9-12,15H,3-8H2,1-2H3,(H,16,17). The maximum absolute atomic E-state index is 12.3. The first-order valence-corrected chi connectivity index (χ1v) is 7.26. The first-order valence-electron chi connectivity index (χ1n) is 7.26. The van der Waals surface area contributed by atoms with Gasteiger partial charge in [0.2, 0.25) is 5.91 Å². The van der Waals surface area contributed by atoms with Crippen molar-refractivity contribution in [2.75, 3.05) is 13.2 Å². The summed E-state index contributed by atoms with van der Waals surface area (Å²) in [7, 11) is 0. The molecule has 4 atom stereocenters. The van der Waals surface area contributed by atoms with E-state index in [9.17, 15) is 4.79 Å². The number of carbonyl (C=O) groups excluding carboxylic acids is 1. The summed E-state index contributed by atoms with van der Waals surface area (Å²) in [4.78, 5) is 12.3. The second kappa shape index (κ2) is 4.49. The molecule has 2 saturated heterocycles. The Kier molecular flexibility index (Phi) is 3.10. The Hall–Kier alpha value is -0.610. The van der Waals surface area contributed by atoms with Crippen LogP contribution in [-0.4, -0.2) is 37.2 Å². The van der Waals surface area contributed by atoms with Gasteiger partial charge < -0.3 is 15.4 Å². The molecule has 0 spiro atoms. The van der Waals surface area contributed by atoms with Crippen LogP contribution in [-0.2, 0) is 9.53 Å². The van der Waals surface area contributed by atoms with Crippen LogP contribution in [0.2, 0.25) is 0 Å². The van der Waals surface area contributed by atoms with Gasteiger partial charge in [-0.25, -0.2) is 0 Å². The third-order valence-electron chi connectivity index (χ3n) is 5.03. The predicted molar refractivity (Wildman–Crippen MR) is 69.2 cm³/mol. The van der Waals surface area contributed by atoms with Crippen molar-refractivity contribution in [2.24, 2.45) is 11.3 Å². The number of amides is 1. The van der Waals surface area contributed by atoms with Crippen LogP contribution in [0.25, 0.3) is 0 Å². The van der Waals surface area contributed by atoms with Gasteiger partial charge in [-0.15, -0.1) is 0 Å². The Bertz CT molecular complexity index is 337. The van der Waals surface area contributed by atoms with Crippen molar-refractivity contribution in [3.8, 4) is 0 Å². The van der Waals surface area contributed by atoms with Crippen molar-refractivity contribution in [2.45, 2.75) is 57.7 Å². The summed E-state index contributed by atoms with van der Waals surface area (Å²) in [6.07, 6.45) is 4.77. The van der Waals surface area contributed by atoms with Gasteiger partial charge in [-0.3, -0.25) is 4.79 Å². The Balaban J connectivity index is 1.60. The molecule has 3 rings (SSSR count). The van der Waals surface area contributed by atoms with Crippen LogP contribution in [0.3, 0.4) is 0 Å². The van der Waals surface area contributed by atoms with E-state index in [4.69, 9.17) is 4.74 Å². The van der Waals surface area contributed by atoms with Gasteiger partial charge in [0.1, 0.15) is 0 Å². The lowest BCUT2D eigenvalue weighted by atomic mass is 9.57. The summed E-state index contributed by atoms with van der Waals surface area (Å²) in [6, 6.07) is 0.317. The maximum atomic E-state index is 12.3. The summed E-state index contributed by atoms with van der Waals surface area (Å²) in [6.45, 7) is 6.24. The third kappa shape index (κ3) is 1.86. The Morgan fingerprint density at radius 1 is 1.33 bits per heavy atom. The fourth-order valence-corrected chi connectivity index (χ4v) is 3.95. The first kappa shape index (κ1) is 12.4. The molecule has 4 heteroatoms. The Labute approximate surface area is 109 Å². The molecule has 18 heavy (non-hydrogen) atoms. The fraction of sp³-hybridized carbons (Fsp3) is 0.929. The molecule has 0 bridgehead atoms. The highest BCUT2D eigenvalue weighted by atomic mass is 16.5. The summed E-state index contributed by atoms with van der Waals surface area (Å²) in [5.41, 5.74) is 0.0888. The highest BCUT2D eigenvalue weighted by Crippen LogP contribution is 2.52. The molecule has 2 N–H and O–H groups in total. The zero-order chi connectivity index (χ0) is 12.8. The highest BCUT2D eigenvalue weighted by Gasteiger charge is 2.59. The van der Waals surface area contributed by atoms with E-state index in [1.54, 1.807) is 0 Å². The summed E-state index contributed by atoms with van der Waals surface area (Å²) in [5.74, 6) is 0.727. The van der Waals surface area contributed by atoms with Gasteiger partial charge in [-0.2, -0.15) is 0 Å². The van der Waals surface area contributed by atoms with Gasteiger partial charge in [0.05, 0.1) is 12.1 Å². The molecule has 0 radical (unpaired) electrons. The molecule has 0 aromatic rings. The largest absolute Gasteiger partial charge is 0.377 e. The zero-order valence-corrected chi connectivity index (χ0v) is 11.4. The van der Waals surface area contributed by atoms with E-state index in [1.807, 2.05) is 0 Å². The van der Waals surface area contributed by atoms with E-state index in [-0.39, 0.29) is 17.4 Å². The molecule has 0 aromatic carbocycles. The van der Waals surface area contributed by atoms with Gasteiger partial charge in [0.25, 0.3) is 0 Å². The van der Waals surface area contributed by atoms with Crippen LogP contribution in [0.1, 0.15) is 39.5 Å². The molecule has 4 nitrogen and oxygen atoms in total. The SMILES string of the molecule is CC1(C)C(NC(=O)C2CCCCN2)C2CCOC21. The van der Waals surface area contributed by atoms with Crippen molar-refractivity contribution in [1.82, 2.24) is 10.6 Å². The molecule has 2 heterocycles. The van der Waals surface area contributed by atoms with E-state index in [0.717, 1.165) is 32.4 Å². The number of piperidine rings is 1. The van der Waals surface area contributed by atoms with Crippen molar-refractivity contribution in [1.29, 1.82) is 0 Å².